The third kappa shape index (κ3) is 3.52. The van der Waals surface area contributed by atoms with Crippen molar-refractivity contribution in [3.05, 3.63) is 34.3 Å². The molecule has 2 rings (SSSR count). The molecule has 17 heavy (non-hydrogen) atoms. The Bertz CT molecular complexity index is 353. The second kappa shape index (κ2) is 6.50. The van der Waals surface area contributed by atoms with E-state index in [0.717, 1.165) is 37.2 Å². The van der Waals surface area contributed by atoms with E-state index in [2.05, 4.69) is 32.2 Å². The van der Waals surface area contributed by atoms with Crippen LogP contribution in [0.2, 0.25) is 0 Å². The summed E-state index contributed by atoms with van der Waals surface area (Å²) in [6, 6.07) is 8.16. The maximum Gasteiger partial charge on any atom is 0.0512 e. The van der Waals surface area contributed by atoms with Gasteiger partial charge in [-0.1, -0.05) is 34.1 Å². The topological polar surface area (TPSA) is 35.5 Å². The minimum atomic E-state index is 0.198. The molecule has 1 fully saturated rings. The van der Waals surface area contributed by atoms with Gasteiger partial charge >= 0.3 is 0 Å². The molecule has 1 heterocycles. The van der Waals surface area contributed by atoms with Gasteiger partial charge in [-0.2, -0.15) is 0 Å². The molecule has 1 saturated heterocycles. The van der Waals surface area contributed by atoms with Gasteiger partial charge in [-0.15, -0.1) is 0 Å². The van der Waals surface area contributed by atoms with Crippen LogP contribution < -0.4 is 5.32 Å². The van der Waals surface area contributed by atoms with Crippen molar-refractivity contribution < 1.29 is 5.11 Å². The molecule has 0 aromatic heterocycles. The molecule has 1 aromatic carbocycles. The lowest BCUT2D eigenvalue weighted by molar-refractivity contribution is 0.185. The van der Waals surface area contributed by atoms with Gasteiger partial charge in [0.1, 0.15) is 0 Å². The first kappa shape index (κ1) is 13.0. The monoisotopic (exact) mass is 298 g/mol. The number of benzene rings is 1. The zero-order chi connectivity index (χ0) is 12.1. The standard InChI is InChI=1S/C13H19BrN2O/c14-13-4-2-1-3-12(13)11(10-17)9-16-7-5-15-6-8-16/h1-4,11,15,17H,5-10H2. The van der Waals surface area contributed by atoms with Crippen LogP contribution in [0.25, 0.3) is 0 Å². The van der Waals surface area contributed by atoms with Gasteiger partial charge in [-0.3, -0.25) is 0 Å². The summed E-state index contributed by atoms with van der Waals surface area (Å²) in [7, 11) is 0. The van der Waals surface area contributed by atoms with Gasteiger partial charge in [0.25, 0.3) is 0 Å². The number of hydrogen-bond acceptors (Lipinski definition) is 3. The molecule has 0 saturated carbocycles. The zero-order valence-corrected chi connectivity index (χ0v) is 11.5. The van der Waals surface area contributed by atoms with E-state index in [1.54, 1.807) is 0 Å². The van der Waals surface area contributed by atoms with E-state index in [0.29, 0.717) is 0 Å². The van der Waals surface area contributed by atoms with Gasteiger partial charge in [-0.25, -0.2) is 0 Å². The Hall–Kier alpha value is -0.420. The first-order valence-corrected chi connectivity index (χ1v) is 6.89. The van der Waals surface area contributed by atoms with E-state index in [1.807, 2.05) is 18.2 Å². The third-order valence-corrected chi connectivity index (χ3v) is 3.98. The van der Waals surface area contributed by atoms with E-state index in [-0.39, 0.29) is 12.5 Å². The fraction of sp³-hybridized carbons (Fsp3) is 0.538. The minimum absolute atomic E-state index is 0.198. The summed E-state index contributed by atoms with van der Waals surface area (Å²) in [4.78, 5) is 2.41. The Morgan fingerprint density at radius 1 is 1.29 bits per heavy atom. The normalized spacial score (nSPS) is 19.2. The predicted molar refractivity (Wildman–Crippen MR) is 73.3 cm³/mol. The summed E-state index contributed by atoms with van der Waals surface area (Å²) in [5, 5.41) is 12.9. The molecule has 4 heteroatoms. The lowest BCUT2D eigenvalue weighted by atomic mass is 9.99. The Balaban J connectivity index is 2.03. The van der Waals surface area contributed by atoms with Gasteiger partial charge in [0, 0.05) is 43.1 Å². The Morgan fingerprint density at radius 3 is 2.65 bits per heavy atom. The van der Waals surface area contributed by atoms with Crippen LogP contribution in [0.3, 0.4) is 0 Å². The first-order valence-electron chi connectivity index (χ1n) is 6.09. The van der Waals surface area contributed by atoms with Gasteiger partial charge in [0.05, 0.1) is 6.61 Å². The van der Waals surface area contributed by atoms with Crippen molar-refractivity contribution in [2.45, 2.75) is 5.92 Å². The number of nitrogens with zero attached hydrogens (tertiary/aromatic N) is 1. The number of aliphatic hydroxyl groups is 1. The summed E-state index contributed by atoms with van der Waals surface area (Å²) >= 11 is 3.56. The van der Waals surface area contributed by atoms with Crippen LogP contribution in [0.1, 0.15) is 11.5 Å². The van der Waals surface area contributed by atoms with Crippen molar-refractivity contribution in [3.8, 4) is 0 Å². The maximum absolute atomic E-state index is 9.57. The van der Waals surface area contributed by atoms with E-state index >= 15 is 0 Å². The summed E-state index contributed by atoms with van der Waals surface area (Å²) in [5.41, 5.74) is 1.20. The van der Waals surface area contributed by atoms with Crippen molar-refractivity contribution in [2.75, 3.05) is 39.3 Å². The molecule has 1 aromatic rings. The molecule has 3 nitrogen and oxygen atoms in total. The van der Waals surface area contributed by atoms with Crippen LogP contribution in [-0.4, -0.2) is 49.3 Å². The van der Waals surface area contributed by atoms with Gasteiger partial charge in [0.2, 0.25) is 0 Å². The van der Waals surface area contributed by atoms with Crippen molar-refractivity contribution in [3.63, 3.8) is 0 Å². The highest BCUT2D eigenvalue weighted by Gasteiger charge is 2.18. The van der Waals surface area contributed by atoms with E-state index in [1.165, 1.54) is 5.56 Å². The summed E-state index contributed by atoms with van der Waals surface area (Å²) in [6.07, 6.45) is 0. The SMILES string of the molecule is OCC(CN1CCNCC1)c1ccccc1Br. The molecule has 0 aliphatic carbocycles. The highest BCUT2D eigenvalue weighted by Crippen LogP contribution is 2.25. The summed E-state index contributed by atoms with van der Waals surface area (Å²) in [5.74, 6) is 0.198. The number of hydrogen-bond donors (Lipinski definition) is 2. The first-order chi connectivity index (χ1) is 8.31. The van der Waals surface area contributed by atoms with Crippen LogP contribution in [0.15, 0.2) is 28.7 Å². The molecule has 0 amide bonds. The van der Waals surface area contributed by atoms with Gasteiger partial charge in [-0.05, 0) is 11.6 Å². The van der Waals surface area contributed by atoms with Crippen LogP contribution in [0.4, 0.5) is 0 Å². The largest absolute Gasteiger partial charge is 0.396 e. The van der Waals surface area contributed by atoms with Gasteiger partial charge < -0.3 is 15.3 Å². The molecule has 1 aliphatic heterocycles. The third-order valence-electron chi connectivity index (χ3n) is 3.25. The fourth-order valence-electron chi connectivity index (χ4n) is 2.27. The van der Waals surface area contributed by atoms with Crippen LogP contribution in [0.5, 0.6) is 0 Å². The summed E-state index contributed by atoms with van der Waals surface area (Å²) < 4.78 is 1.09. The highest BCUT2D eigenvalue weighted by molar-refractivity contribution is 9.10. The molecule has 1 atom stereocenters. The number of piperazine rings is 1. The molecule has 1 aliphatic rings. The Labute approximate surface area is 111 Å². The molecule has 1 unspecified atom stereocenters. The number of aliphatic hydroxyl groups excluding tert-OH is 1. The lowest BCUT2D eigenvalue weighted by Gasteiger charge is -2.30. The lowest BCUT2D eigenvalue weighted by Crippen LogP contribution is -2.45. The number of halogens is 1. The van der Waals surface area contributed by atoms with Crippen LogP contribution in [-0.2, 0) is 0 Å². The minimum Gasteiger partial charge on any atom is -0.396 e. The number of nitrogens with one attached hydrogen (secondary N) is 1. The predicted octanol–water partition coefficient (Wildman–Crippen LogP) is 1.43. The quantitative estimate of drug-likeness (QED) is 0.883. The van der Waals surface area contributed by atoms with Crippen molar-refractivity contribution >= 4 is 15.9 Å². The van der Waals surface area contributed by atoms with Crippen molar-refractivity contribution in [2.24, 2.45) is 0 Å². The summed E-state index contributed by atoms with van der Waals surface area (Å²) in [6.45, 7) is 5.37. The molecule has 0 spiro atoms. The Kier molecular flexibility index (Phi) is 4.98. The maximum atomic E-state index is 9.57. The molecule has 0 bridgehead atoms. The van der Waals surface area contributed by atoms with Crippen molar-refractivity contribution in [1.82, 2.24) is 10.2 Å². The fourth-order valence-corrected chi connectivity index (χ4v) is 2.87. The smallest absolute Gasteiger partial charge is 0.0512 e. The van der Waals surface area contributed by atoms with Crippen LogP contribution in [0, 0.1) is 0 Å². The number of rotatable bonds is 4. The Morgan fingerprint density at radius 2 is 2.00 bits per heavy atom. The van der Waals surface area contributed by atoms with E-state index in [9.17, 15) is 5.11 Å². The molecular formula is C13H19BrN2O. The highest BCUT2D eigenvalue weighted by atomic mass is 79.9. The average Bonchev–Trinajstić information content (AvgIpc) is 2.38. The molecule has 94 valence electrons. The molecular weight excluding hydrogens is 280 g/mol. The van der Waals surface area contributed by atoms with Gasteiger partial charge in [0.15, 0.2) is 0 Å². The molecule has 2 N–H and O–H groups in total. The average molecular weight is 299 g/mol. The van der Waals surface area contributed by atoms with Crippen molar-refractivity contribution in [1.29, 1.82) is 0 Å². The van der Waals surface area contributed by atoms with E-state index in [4.69, 9.17) is 0 Å². The van der Waals surface area contributed by atoms with Crippen LogP contribution >= 0.6 is 15.9 Å². The molecule has 0 radical (unpaired) electrons. The van der Waals surface area contributed by atoms with E-state index < -0.39 is 0 Å². The second-order valence-electron chi connectivity index (χ2n) is 4.45. The zero-order valence-electron chi connectivity index (χ0n) is 9.90. The second-order valence-corrected chi connectivity index (χ2v) is 5.31.